The molecule has 10 amide bonds. The molecule has 20 atom stereocenters. The number of amides is 10. The van der Waals surface area contributed by atoms with E-state index in [4.69, 9.17) is 0 Å². The van der Waals surface area contributed by atoms with E-state index in [2.05, 4.69) is 117 Å². The molecule has 0 saturated carbocycles. The van der Waals surface area contributed by atoms with E-state index in [1.807, 2.05) is 231 Å². The summed E-state index contributed by atoms with van der Waals surface area (Å²) in [6.07, 6.45) is -17.5. The Bertz CT molecular complexity index is 5730. The van der Waals surface area contributed by atoms with Gasteiger partial charge < -0.3 is 113 Å². The minimum atomic E-state index is -1.97. The van der Waals surface area contributed by atoms with Gasteiger partial charge in [-0.3, -0.25) is 47.9 Å². The monoisotopic (exact) mass is 2260 g/mol. The van der Waals surface area contributed by atoms with Crippen molar-refractivity contribution in [1.82, 2.24) is 51.9 Å². The Kier molecular flexibility index (Phi) is 42.9. The van der Waals surface area contributed by atoms with E-state index in [1.54, 1.807) is 63.8 Å². The SMILES string of the molecule is C[C@H](NC(=O)[C@H](O)[C@@H](O)C(=O)N(C)CCc1ccccc1)c1ccc(Br)cc1.C[C@H](NC(=O)[C@H](O)[C@@H](O)C(=O)N1CCCC1c1ccccc1)c1ccc(Br)cc1.C[C@H](NC(=O)[C@H](O)[C@@H](O)C(=O)N1Cc2ccccc2C1)c1ccc(Br)cc1.C[C@H](NC(=O)[C@H](O)[C@@H](O)C(=O)N[C@@H]1c2ccccc2C[C@@H]1O)c1ccc(Br)cc1.C[C@H](NC(=O)[C@H](O)[C@@H](O)C(=O)N[C@H]1c2ccccc2C[C@@H]1O)c1ccc(Br)cc1. The van der Waals surface area contributed by atoms with E-state index in [-0.39, 0.29) is 24.2 Å². The number of halogens is 5. The lowest BCUT2D eigenvalue weighted by atomic mass is 10.0. The summed E-state index contributed by atoms with van der Waals surface area (Å²) in [7, 11) is 1.53. The van der Waals surface area contributed by atoms with Crippen molar-refractivity contribution in [1.29, 1.82) is 0 Å². The Morgan fingerprint density at radius 2 is 0.613 bits per heavy atom. The summed E-state index contributed by atoms with van der Waals surface area (Å²) in [4.78, 5) is 128. The minimum Gasteiger partial charge on any atom is -0.390 e. The third-order valence-electron chi connectivity index (χ3n) is 24.6. The predicted octanol–water partition coefficient (Wildman–Crippen LogP) is 8.90. The van der Waals surface area contributed by atoms with Crippen LogP contribution in [-0.2, 0) is 80.3 Å². The normalized spacial score (nSPS) is 18.4. The summed E-state index contributed by atoms with van der Waals surface area (Å²) in [5.74, 6) is -7.94. The van der Waals surface area contributed by atoms with Gasteiger partial charge in [-0.25, -0.2) is 0 Å². The van der Waals surface area contributed by atoms with Crippen LogP contribution >= 0.6 is 79.6 Å². The number of fused-ring (bicyclic) bond motifs is 3. The summed E-state index contributed by atoms with van der Waals surface area (Å²) in [5.41, 5.74) is 11.5. The molecule has 14 rings (SSSR count). The number of benzene rings is 10. The van der Waals surface area contributed by atoms with Gasteiger partial charge in [-0.2, -0.15) is 0 Å². The summed E-state index contributed by atoms with van der Waals surface area (Å²) in [6.45, 7) is 10.3. The molecule has 1 saturated heterocycles. The number of aliphatic hydroxyl groups is 12. The van der Waals surface area contributed by atoms with Crippen molar-refractivity contribution in [2.24, 2.45) is 0 Å². The second kappa shape index (κ2) is 54.0. The lowest BCUT2D eigenvalue weighted by Crippen LogP contribution is -2.51. The minimum absolute atomic E-state index is 0.157. The van der Waals surface area contributed by atoms with Crippen molar-refractivity contribution in [3.05, 3.63) is 349 Å². The molecule has 1 fully saturated rings. The number of aliphatic hydroxyl groups excluding tert-OH is 12. The first-order valence-corrected chi connectivity index (χ1v) is 49.8. The number of hydrogen-bond donors (Lipinski definition) is 19. The molecule has 0 aromatic heterocycles. The van der Waals surface area contributed by atoms with Crippen molar-refractivity contribution in [3.8, 4) is 0 Å². The number of nitrogens with zero attached hydrogens (tertiary/aromatic N) is 3. The first kappa shape index (κ1) is 113. The topological polar surface area (TPSA) is 507 Å². The number of nitrogens with one attached hydrogen (secondary N) is 7. The van der Waals surface area contributed by atoms with Crippen LogP contribution in [0.15, 0.2) is 277 Å². The average molecular weight is 2270 g/mol. The lowest BCUT2D eigenvalue weighted by Gasteiger charge is -2.29. The van der Waals surface area contributed by atoms with Crippen LogP contribution in [0.25, 0.3) is 0 Å². The fraction of sp³-hybridized carbons (Fsp3) is 0.333. The maximum absolute atomic E-state index is 12.8. The van der Waals surface area contributed by atoms with Crippen LogP contribution < -0.4 is 37.2 Å². The van der Waals surface area contributed by atoms with E-state index in [0.29, 0.717) is 45.4 Å². The van der Waals surface area contributed by atoms with Gasteiger partial charge in [0.1, 0.15) is 0 Å². The Balaban J connectivity index is 0.000000183. The van der Waals surface area contributed by atoms with Gasteiger partial charge in [0, 0.05) is 68.4 Å². The molecule has 10 aromatic carbocycles. The van der Waals surface area contributed by atoms with Crippen LogP contribution in [0, 0.1) is 0 Å². The number of likely N-dealkylation sites (N-methyl/N-ethyl adjacent to an activating group) is 1. The van der Waals surface area contributed by atoms with Crippen molar-refractivity contribution < 1.29 is 109 Å². The van der Waals surface area contributed by atoms with Gasteiger partial charge in [-0.05, 0) is 187 Å². The molecule has 2 aliphatic heterocycles. The summed E-state index contributed by atoms with van der Waals surface area (Å²) in [6, 6.07) is 74.4. The van der Waals surface area contributed by atoms with Crippen LogP contribution in [0.2, 0.25) is 0 Å². The number of rotatable bonds is 31. The Morgan fingerprint density at radius 1 is 0.338 bits per heavy atom. The molecule has 19 N–H and O–H groups in total. The summed E-state index contributed by atoms with van der Waals surface area (Å²) >= 11 is 16.7. The molecule has 37 heteroatoms. The second-order valence-corrected chi connectivity index (χ2v) is 39.4. The standard InChI is InChI=1S/C22H25BrN2O4.2C21H23BrN2O5.C21H25BrN2O4.C20H21BrN2O4/c1-14(15-9-11-17(23)12-10-15)24-21(28)19(26)20(27)22(29)25-13-5-8-18(25)16-6-3-2-4-7-16;2*1-11(12-6-8-14(22)9-7-12)23-20(28)18(26)19(27)21(29)24-17-15-5-3-2-4-13(15)10-16(17)25;1-14(16-8-10-17(22)11-9-16)23-20(27)18(25)19(26)21(28)24(2)13-12-15-6-4-3-5-7-15;1-12(13-6-8-16(21)9-7-13)22-19(26)17(24)18(25)20(27)23-10-14-4-2-3-5-15(14)11-23/h2-4,6-7,9-12,14,18-20,26-27H,5,8,13H2,1H3,(H,24,28);2*2-9,11,16-19,25-27H,10H2,1H3,(H,23,28)(H,24,29);3-11,14,18-19,25-26H,12-13H2,1-2H3,(H,23,27);2-9,12,17-18,24-25H,10-11H2,1H3,(H,22,26)/t14-,18?,19+,20+;11-,16-,17+,18+,19+;11-,16-,17-,18+,19+;14-,18+,19+;12-,17+,18+/m00000/s1. The molecule has 2 aliphatic carbocycles. The quantitative estimate of drug-likeness (QED) is 0.0193. The van der Waals surface area contributed by atoms with Gasteiger partial charge in [0.15, 0.2) is 61.0 Å². The molecule has 32 nitrogen and oxygen atoms in total. The number of carbonyl (C=O) groups excluding carboxylic acids is 10. The third-order valence-corrected chi connectivity index (χ3v) is 27.3. The predicted molar refractivity (Wildman–Crippen MR) is 546 cm³/mol. The highest BCUT2D eigenvalue weighted by molar-refractivity contribution is 9.11. The lowest BCUT2D eigenvalue weighted by molar-refractivity contribution is -0.154. The van der Waals surface area contributed by atoms with E-state index in [9.17, 15) is 109 Å². The first-order chi connectivity index (χ1) is 67.6. The highest BCUT2D eigenvalue weighted by Crippen LogP contribution is 2.36. The molecular formula is C105H117Br5N10O22. The Morgan fingerprint density at radius 3 is 0.944 bits per heavy atom. The van der Waals surface area contributed by atoms with Crippen LogP contribution in [0.3, 0.4) is 0 Å². The maximum atomic E-state index is 12.8. The number of likely N-dealkylation sites (tertiary alicyclic amines) is 1. The molecule has 142 heavy (non-hydrogen) atoms. The zero-order valence-electron chi connectivity index (χ0n) is 78.3. The smallest absolute Gasteiger partial charge is 0.255 e. The van der Waals surface area contributed by atoms with E-state index in [0.717, 1.165) is 108 Å². The molecule has 1 unspecified atom stereocenters. The van der Waals surface area contributed by atoms with Crippen molar-refractivity contribution in [2.75, 3.05) is 20.1 Å². The van der Waals surface area contributed by atoms with E-state index < -0.39 is 156 Å². The second-order valence-electron chi connectivity index (χ2n) is 34.8. The molecule has 4 aliphatic rings. The number of carbonyl (C=O) groups is 10. The highest BCUT2D eigenvalue weighted by atomic mass is 79.9. The van der Waals surface area contributed by atoms with E-state index >= 15 is 0 Å². The van der Waals surface area contributed by atoms with Crippen LogP contribution in [0.4, 0.5) is 0 Å². The van der Waals surface area contributed by atoms with Crippen molar-refractivity contribution in [3.63, 3.8) is 0 Å². The Labute approximate surface area is 864 Å². The molecule has 10 aromatic rings. The Hall–Kier alpha value is -11.2. The zero-order chi connectivity index (χ0) is 103. The van der Waals surface area contributed by atoms with Gasteiger partial charge in [0.2, 0.25) is 0 Å². The van der Waals surface area contributed by atoms with Gasteiger partial charge in [-0.15, -0.1) is 0 Å². The molecule has 0 radical (unpaired) electrons. The highest BCUT2D eigenvalue weighted by Gasteiger charge is 2.43. The average Bonchev–Trinajstić information content (AvgIpc) is 1.66. The summed E-state index contributed by atoms with van der Waals surface area (Å²) in [5, 5.41) is 140. The molecule has 754 valence electrons. The fourth-order valence-corrected chi connectivity index (χ4v) is 17.5. The van der Waals surface area contributed by atoms with Crippen LogP contribution in [0.5, 0.6) is 0 Å². The maximum Gasteiger partial charge on any atom is 0.255 e. The van der Waals surface area contributed by atoms with Gasteiger partial charge >= 0.3 is 0 Å². The first-order valence-electron chi connectivity index (χ1n) is 45.8. The van der Waals surface area contributed by atoms with Crippen molar-refractivity contribution in [2.45, 2.75) is 201 Å². The van der Waals surface area contributed by atoms with Crippen molar-refractivity contribution >= 4 is 139 Å². The third kappa shape index (κ3) is 31.4. The largest absolute Gasteiger partial charge is 0.390 e. The fourth-order valence-electron chi connectivity index (χ4n) is 16.2. The molecule has 0 bridgehead atoms. The van der Waals surface area contributed by atoms with Crippen LogP contribution in [0.1, 0.15) is 168 Å². The number of hydrogen-bond acceptors (Lipinski definition) is 22. The van der Waals surface area contributed by atoms with Gasteiger partial charge in [-0.1, -0.05) is 274 Å². The molecule has 2 heterocycles. The van der Waals surface area contributed by atoms with E-state index in [1.165, 1.54) is 16.8 Å². The molecular weight excluding hydrogens is 2150 g/mol. The summed E-state index contributed by atoms with van der Waals surface area (Å²) < 4.78 is 4.52. The van der Waals surface area contributed by atoms with Gasteiger partial charge in [0.05, 0.1) is 60.5 Å². The zero-order valence-corrected chi connectivity index (χ0v) is 86.3. The van der Waals surface area contributed by atoms with Gasteiger partial charge in [0.25, 0.3) is 59.1 Å². The van der Waals surface area contributed by atoms with Crippen LogP contribution in [-0.4, -0.2) is 228 Å². The molecule has 0 spiro atoms.